The van der Waals surface area contributed by atoms with E-state index in [2.05, 4.69) is 24.5 Å². The van der Waals surface area contributed by atoms with Crippen LogP contribution in [0.1, 0.15) is 39.5 Å². The molecule has 1 unspecified atom stereocenters. The van der Waals surface area contributed by atoms with E-state index in [0.29, 0.717) is 5.92 Å². The SMILES string of the molecule is CC(C(=O)NC1(C)CCNCC1)C1CC1.Cl. The number of hydrogen-bond acceptors (Lipinski definition) is 2. The zero-order chi connectivity index (χ0) is 10.9. The van der Waals surface area contributed by atoms with Gasteiger partial charge in [0.15, 0.2) is 0 Å². The summed E-state index contributed by atoms with van der Waals surface area (Å²) in [5.74, 6) is 1.15. The van der Waals surface area contributed by atoms with Crippen LogP contribution in [0.5, 0.6) is 0 Å². The highest BCUT2D eigenvalue weighted by atomic mass is 35.5. The van der Waals surface area contributed by atoms with E-state index in [9.17, 15) is 4.79 Å². The Morgan fingerprint density at radius 2 is 1.94 bits per heavy atom. The minimum Gasteiger partial charge on any atom is -0.351 e. The summed E-state index contributed by atoms with van der Waals surface area (Å²) in [5.41, 5.74) is 0.0332. The first kappa shape index (κ1) is 13.8. The van der Waals surface area contributed by atoms with Crippen molar-refractivity contribution in [3.8, 4) is 0 Å². The smallest absolute Gasteiger partial charge is 0.223 e. The number of carbonyl (C=O) groups is 1. The standard InChI is InChI=1S/C12H22N2O.ClH/c1-9(10-3-4-10)11(15)14-12(2)5-7-13-8-6-12;/h9-10,13H,3-8H2,1-2H3,(H,14,15);1H. The maximum absolute atomic E-state index is 12.0. The minimum atomic E-state index is 0. The lowest BCUT2D eigenvalue weighted by atomic mass is 9.89. The quantitative estimate of drug-likeness (QED) is 0.796. The van der Waals surface area contributed by atoms with Gasteiger partial charge in [-0.1, -0.05) is 6.92 Å². The van der Waals surface area contributed by atoms with E-state index in [1.54, 1.807) is 0 Å². The molecule has 1 aliphatic carbocycles. The summed E-state index contributed by atoms with van der Waals surface area (Å²) in [5, 5.41) is 6.56. The van der Waals surface area contributed by atoms with E-state index in [4.69, 9.17) is 0 Å². The summed E-state index contributed by atoms with van der Waals surface area (Å²) in [6, 6.07) is 0. The Morgan fingerprint density at radius 1 is 1.38 bits per heavy atom. The van der Waals surface area contributed by atoms with E-state index >= 15 is 0 Å². The second-order valence-electron chi connectivity index (χ2n) is 5.43. The number of piperidine rings is 1. The molecule has 1 amide bonds. The summed E-state index contributed by atoms with van der Waals surface area (Å²) >= 11 is 0. The predicted molar refractivity (Wildman–Crippen MR) is 67.8 cm³/mol. The molecule has 1 saturated carbocycles. The molecule has 1 aliphatic heterocycles. The molecule has 2 aliphatic rings. The molecule has 1 heterocycles. The molecular weight excluding hydrogens is 224 g/mol. The Hall–Kier alpha value is -0.280. The van der Waals surface area contributed by atoms with Crippen molar-refractivity contribution in [1.82, 2.24) is 10.6 Å². The van der Waals surface area contributed by atoms with Gasteiger partial charge in [0.05, 0.1) is 0 Å². The van der Waals surface area contributed by atoms with Gasteiger partial charge in [-0.05, 0) is 51.6 Å². The molecule has 0 radical (unpaired) electrons. The Labute approximate surface area is 104 Å². The molecule has 1 saturated heterocycles. The number of nitrogens with one attached hydrogen (secondary N) is 2. The first-order chi connectivity index (χ1) is 7.11. The van der Waals surface area contributed by atoms with Crippen LogP contribution in [-0.4, -0.2) is 24.5 Å². The third kappa shape index (κ3) is 3.36. The molecule has 0 bridgehead atoms. The maximum atomic E-state index is 12.0. The van der Waals surface area contributed by atoms with Gasteiger partial charge in [-0.15, -0.1) is 12.4 Å². The van der Waals surface area contributed by atoms with E-state index < -0.39 is 0 Å². The number of amides is 1. The van der Waals surface area contributed by atoms with Crippen LogP contribution in [0.2, 0.25) is 0 Å². The van der Waals surface area contributed by atoms with Crippen molar-refractivity contribution in [3.63, 3.8) is 0 Å². The molecule has 0 aromatic rings. The molecule has 4 heteroatoms. The van der Waals surface area contributed by atoms with Crippen LogP contribution >= 0.6 is 12.4 Å². The topological polar surface area (TPSA) is 41.1 Å². The summed E-state index contributed by atoms with van der Waals surface area (Å²) in [4.78, 5) is 12.0. The van der Waals surface area contributed by atoms with E-state index in [-0.39, 0.29) is 29.8 Å². The van der Waals surface area contributed by atoms with Crippen molar-refractivity contribution in [2.45, 2.75) is 45.1 Å². The van der Waals surface area contributed by atoms with Gasteiger partial charge < -0.3 is 10.6 Å². The molecule has 0 aromatic heterocycles. The van der Waals surface area contributed by atoms with Crippen molar-refractivity contribution < 1.29 is 4.79 Å². The number of halogens is 1. The first-order valence-corrected chi connectivity index (χ1v) is 6.13. The van der Waals surface area contributed by atoms with Gasteiger partial charge in [0.2, 0.25) is 5.91 Å². The molecule has 3 nitrogen and oxygen atoms in total. The van der Waals surface area contributed by atoms with Crippen molar-refractivity contribution >= 4 is 18.3 Å². The number of hydrogen-bond donors (Lipinski definition) is 2. The zero-order valence-electron chi connectivity index (χ0n) is 10.2. The van der Waals surface area contributed by atoms with Crippen LogP contribution in [0.4, 0.5) is 0 Å². The van der Waals surface area contributed by atoms with E-state index in [1.165, 1.54) is 12.8 Å². The van der Waals surface area contributed by atoms with Crippen LogP contribution in [0.15, 0.2) is 0 Å². The molecule has 2 rings (SSSR count). The lowest BCUT2D eigenvalue weighted by Crippen LogP contribution is -2.53. The maximum Gasteiger partial charge on any atom is 0.223 e. The van der Waals surface area contributed by atoms with Gasteiger partial charge in [0.1, 0.15) is 0 Å². The zero-order valence-corrected chi connectivity index (χ0v) is 11.0. The van der Waals surface area contributed by atoms with Crippen LogP contribution < -0.4 is 10.6 Å². The Kier molecular flexibility index (Phi) is 4.62. The first-order valence-electron chi connectivity index (χ1n) is 6.13. The molecular formula is C12H23ClN2O. The fourth-order valence-corrected chi connectivity index (χ4v) is 2.33. The minimum absolute atomic E-state index is 0. The average molecular weight is 247 g/mol. The summed E-state index contributed by atoms with van der Waals surface area (Å²) in [6.45, 7) is 6.28. The highest BCUT2D eigenvalue weighted by molar-refractivity contribution is 5.85. The molecule has 2 N–H and O–H groups in total. The van der Waals surface area contributed by atoms with Crippen LogP contribution in [0.3, 0.4) is 0 Å². The van der Waals surface area contributed by atoms with Crippen LogP contribution in [0.25, 0.3) is 0 Å². The van der Waals surface area contributed by atoms with Crippen LogP contribution in [-0.2, 0) is 4.79 Å². The Morgan fingerprint density at radius 3 is 2.44 bits per heavy atom. The highest BCUT2D eigenvalue weighted by Crippen LogP contribution is 2.37. The van der Waals surface area contributed by atoms with Crippen LogP contribution in [0, 0.1) is 11.8 Å². The Bertz CT molecular complexity index is 247. The monoisotopic (exact) mass is 246 g/mol. The normalized spacial score (nSPS) is 25.4. The third-order valence-electron chi connectivity index (χ3n) is 3.87. The molecule has 1 atom stereocenters. The summed E-state index contributed by atoms with van der Waals surface area (Å²) < 4.78 is 0. The Balaban J connectivity index is 0.00000128. The van der Waals surface area contributed by atoms with E-state index in [0.717, 1.165) is 25.9 Å². The second kappa shape index (κ2) is 5.37. The highest BCUT2D eigenvalue weighted by Gasteiger charge is 2.36. The summed E-state index contributed by atoms with van der Waals surface area (Å²) in [7, 11) is 0. The fraction of sp³-hybridized carbons (Fsp3) is 0.917. The van der Waals surface area contributed by atoms with Crippen molar-refractivity contribution in [3.05, 3.63) is 0 Å². The van der Waals surface area contributed by atoms with Crippen molar-refractivity contribution in [2.24, 2.45) is 11.8 Å². The van der Waals surface area contributed by atoms with Crippen molar-refractivity contribution in [2.75, 3.05) is 13.1 Å². The largest absolute Gasteiger partial charge is 0.351 e. The lowest BCUT2D eigenvalue weighted by Gasteiger charge is -2.35. The predicted octanol–water partition coefficient (Wildman–Crippen LogP) is 1.71. The molecule has 0 spiro atoms. The lowest BCUT2D eigenvalue weighted by molar-refractivity contribution is -0.127. The molecule has 0 aromatic carbocycles. The van der Waals surface area contributed by atoms with Gasteiger partial charge in [-0.3, -0.25) is 4.79 Å². The average Bonchev–Trinajstić information content (AvgIpc) is 3.00. The van der Waals surface area contributed by atoms with Gasteiger partial charge in [-0.25, -0.2) is 0 Å². The van der Waals surface area contributed by atoms with Crippen molar-refractivity contribution in [1.29, 1.82) is 0 Å². The molecule has 2 fully saturated rings. The molecule has 94 valence electrons. The van der Waals surface area contributed by atoms with Gasteiger partial charge in [0.25, 0.3) is 0 Å². The third-order valence-corrected chi connectivity index (χ3v) is 3.87. The van der Waals surface area contributed by atoms with Gasteiger partial charge >= 0.3 is 0 Å². The van der Waals surface area contributed by atoms with E-state index in [1.807, 2.05) is 0 Å². The number of carbonyl (C=O) groups excluding carboxylic acids is 1. The second-order valence-corrected chi connectivity index (χ2v) is 5.43. The number of rotatable bonds is 3. The van der Waals surface area contributed by atoms with Gasteiger partial charge in [-0.2, -0.15) is 0 Å². The summed E-state index contributed by atoms with van der Waals surface area (Å²) in [6.07, 6.45) is 4.59. The molecule has 16 heavy (non-hydrogen) atoms. The fourth-order valence-electron chi connectivity index (χ4n) is 2.33. The van der Waals surface area contributed by atoms with Gasteiger partial charge in [0, 0.05) is 11.5 Å².